The molecule has 2 aromatic carbocycles. The van der Waals surface area contributed by atoms with Crippen molar-refractivity contribution in [3.63, 3.8) is 0 Å². The number of fused-ring (bicyclic) bond motifs is 1. The number of sulfonamides is 1. The van der Waals surface area contributed by atoms with E-state index in [1.54, 1.807) is 24.3 Å². The molecule has 0 heterocycles. The van der Waals surface area contributed by atoms with Gasteiger partial charge in [0.05, 0.1) is 12.3 Å². The number of aryl methyl sites for hydroxylation is 2. The minimum atomic E-state index is -3.32. The third kappa shape index (κ3) is 3.76. The van der Waals surface area contributed by atoms with E-state index in [4.69, 9.17) is 0 Å². The molecule has 0 aliphatic heterocycles. The third-order valence-electron chi connectivity index (χ3n) is 4.13. The molecule has 2 aromatic rings. The molecule has 0 saturated carbocycles. The average Bonchev–Trinajstić information content (AvgIpc) is 2.88. The van der Waals surface area contributed by atoms with Crippen molar-refractivity contribution in [3.05, 3.63) is 64.7 Å². The lowest BCUT2D eigenvalue weighted by molar-refractivity contribution is 0.0936. The number of anilines is 1. The fourth-order valence-corrected chi connectivity index (χ4v) is 3.61. The molecule has 0 saturated heterocycles. The summed E-state index contributed by atoms with van der Waals surface area (Å²) in [5, 5.41) is 3.06. The van der Waals surface area contributed by atoms with Gasteiger partial charge in [-0.1, -0.05) is 23.8 Å². The SMILES string of the molecule is Cc1ccc2c(c1)CC[C@H]2NC(=O)c1ccc(NS(C)(=O)=O)cc1. The summed E-state index contributed by atoms with van der Waals surface area (Å²) >= 11 is 0. The smallest absolute Gasteiger partial charge is 0.251 e. The van der Waals surface area contributed by atoms with Gasteiger partial charge in [0.25, 0.3) is 5.91 Å². The minimum Gasteiger partial charge on any atom is -0.345 e. The van der Waals surface area contributed by atoms with E-state index in [1.807, 2.05) is 0 Å². The van der Waals surface area contributed by atoms with Crippen molar-refractivity contribution in [3.8, 4) is 0 Å². The molecule has 0 radical (unpaired) electrons. The first-order valence-corrected chi connectivity index (χ1v) is 9.69. The highest BCUT2D eigenvalue weighted by atomic mass is 32.2. The Bertz CT molecular complexity index is 874. The number of benzene rings is 2. The van der Waals surface area contributed by atoms with Crippen molar-refractivity contribution in [1.82, 2.24) is 5.32 Å². The summed E-state index contributed by atoms with van der Waals surface area (Å²) in [6, 6.07) is 12.8. The van der Waals surface area contributed by atoms with E-state index >= 15 is 0 Å². The van der Waals surface area contributed by atoms with Gasteiger partial charge < -0.3 is 5.32 Å². The van der Waals surface area contributed by atoms with Crippen LogP contribution in [0.4, 0.5) is 5.69 Å². The maximum Gasteiger partial charge on any atom is 0.251 e. The van der Waals surface area contributed by atoms with Crippen LogP contribution in [0.5, 0.6) is 0 Å². The normalized spacial score (nSPS) is 16.5. The molecular formula is C18H20N2O3S. The van der Waals surface area contributed by atoms with E-state index in [0.29, 0.717) is 11.3 Å². The number of nitrogens with one attached hydrogen (secondary N) is 2. The van der Waals surface area contributed by atoms with Crippen molar-refractivity contribution in [2.45, 2.75) is 25.8 Å². The van der Waals surface area contributed by atoms with Crippen molar-refractivity contribution in [2.24, 2.45) is 0 Å². The molecule has 6 heteroatoms. The summed E-state index contributed by atoms with van der Waals surface area (Å²) in [6.07, 6.45) is 2.96. The molecule has 5 nitrogen and oxygen atoms in total. The summed E-state index contributed by atoms with van der Waals surface area (Å²) in [7, 11) is -3.32. The lowest BCUT2D eigenvalue weighted by Gasteiger charge is -2.14. The quantitative estimate of drug-likeness (QED) is 0.895. The number of hydrogen-bond acceptors (Lipinski definition) is 3. The zero-order chi connectivity index (χ0) is 17.3. The van der Waals surface area contributed by atoms with Crippen LogP contribution in [0.25, 0.3) is 0 Å². The highest BCUT2D eigenvalue weighted by Gasteiger charge is 2.24. The fraction of sp³-hybridized carbons (Fsp3) is 0.278. The zero-order valence-corrected chi connectivity index (χ0v) is 14.5. The first-order valence-electron chi connectivity index (χ1n) is 7.80. The van der Waals surface area contributed by atoms with Gasteiger partial charge in [0, 0.05) is 11.3 Å². The minimum absolute atomic E-state index is 0.0296. The standard InChI is InChI=1S/C18H20N2O3S/c1-12-3-9-16-14(11-12)6-10-17(16)19-18(21)13-4-7-15(8-5-13)20-24(2,22)23/h3-5,7-9,11,17,20H,6,10H2,1-2H3,(H,19,21)/t17-/m1/s1. The Kier molecular flexibility index (Phi) is 4.32. The van der Waals surface area contributed by atoms with Crippen LogP contribution in [-0.2, 0) is 16.4 Å². The number of carbonyl (C=O) groups is 1. The van der Waals surface area contributed by atoms with Gasteiger partial charge in [0.1, 0.15) is 0 Å². The van der Waals surface area contributed by atoms with E-state index < -0.39 is 10.0 Å². The van der Waals surface area contributed by atoms with Crippen LogP contribution in [-0.4, -0.2) is 20.6 Å². The van der Waals surface area contributed by atoms with Gasteiger partial charge in [-0.2, -0.15) is 0 Å². The molecule has 0 aromatic heterocycles. The lowest BCUT2D eigenvalue weighted by atomic mass is 10.1. The second-order valence-electron chi connectivity index (χ2n) is 6.22. The van der Waals surface area contributed by atoms with Gasteiger partial charge in [-0.15, -0.1) is 0 Å². The number of rotatable bonds is 4. The number of hydrogen-bond donors (Lipinski definition) is 2. The molecule has 0 fully saturated rings. The van der Waals surface area contributed by atoms with Gasteiger partial charge in [-0.05, 0) is 55.2 Å². The van der Waals surface area contributed by atoms with E-state index in [-0.39, 0.29) is 11.9 Å². The highest BCUT2D eigenvalue weighted by molar-refractivity contribution is 7.92. The van der Waals surface area contributed by atoms with E-state index in [1.165, 1.54) is 16.7 Å². The molecule has 1 atom stereocenters. The number of carbonyl (C=O) groups excluding carboxylic acids is 1. The Balaban J connectivity index is 1.70. The van der Waals surface area contributed by atoms with Crippen LogP contribution in [0.3, 0.4) is 0 Å². The van der Waals surface area contributed by atoms with Gasteiger partial charge in [0.15, 0.2) is 0 Å². The predicted octanol–water partition coefficient (Wildman–Crippen LogP) is 2.78. The van der Waals surface area contributed by atoms with Crippen LogP contribution in [0.1, 0.15) is 39.5 Å². The van der Waals surface area contributed by atoms with Crippen molar-refractivity contribution >= 4 is 21.6 Å². The van der Waals surface area contributed by atoms with Gasteiger partial charge in [-0.25, -0.2) is 8.42 Å². The molecule has 24 heavy (non-hydrogen) atoms. The summed E-state index contributed by atoms with van der Waals surface area (Å²) in [5.74, 6) is -0.153. The Morgan fingerprint density at radius 2 is 1.83 bits per heavy atom. The maximum absolute atomic E-state index is 12.4. The van der Waals surface area contributed by atoms with Crippen LogP contribution >= 0.6 is 0 Å². The monoisotopic (exact) mass is 344 g/mol. The Morgan fingerprint density at radius 3 is 2.50 bits per heavy atom. The zero-order valence-electron chi connectivity index (χ0n) is 13.7. The van der Waals surface area contributed by atoms with Crippen LogP contribution in [0.15, 0.2) is 42.5 Å². The van der Waals surface area contributed by atoms with E-state index in [2.05, 4.69) is 35.2 Å². The largest absolute Gasteiger partial charge is 0.345 e. The molecule has 3 rings (SSSR count). The van der Waals surface area contributed by atoms with Gasteiger partial charge in [0.2, 0.25) is 10.0 Å². The summed E-state index contributed by atoms with van der Waals surface area (Å²) in [5.41, 5.74) is 4.66. The second-order valence-corrected chi connectivity index (χ2v) is 7.97. The molecule has 0 spiro atoms. The summed E-state index contributed by atoms with van der Waals surface area (Å²) in [4.78, 5) is 12.4. The third-order valence-corrected chi connectivity index (χ3v) is 4.74. The van der Waals surface area contributed by atoms with Crippen molar-refractivity contribution in [1.29, 1.82) is 0 Å². The Hall–Kier alpha value is -2.34. The number of amides is 1. The molecule has 0 bridgehead atoms. The summed E-state index contributed by atoms with van der Waals surface area (Å²) in [6.45, 7) is 2.07. The lowest BCUT2D eigenvalue weighted by Crippen LogP contribution is -2.27. The average molecular weight is 344 g/mol. The first kappa shape index (κ1) is 16.5. The van der Waals surface area contributed by atoms with Crippen LogP contribution in [0, 0.1) is 6.92 Å². The molecule has 1 amide bonds. The molecule has 1 aliphatic rings. The van der Waals surface area contributed by atoms with E-state index in [0.717, 1.165) is 19.1 Å². The topological polar surface area (TPSA) is 75.3 Å². The Morgan fingerprint density at radius 1 is 1.12 bits per heavy atom. The second kappa shape index (κ2) is 6.28. The molecule has 2 N–H and O–H groups in total. The van der Waals surface area contributed by atoms with Crippen LogP contribution in [0.2, 0.25) is 0 Å². The fourth-order valence-electron chi connectivity index (χ4n) is 3.04. The highest BCUT2D eigenvalue weighted by Crippen LogP contribution is 2.31. The molecular weight excluding hydrogens is 324 g/mol. The molecule has 1 aliphatic carbocycles. The van der Waals surface area contributed by atoms with E-state index in [9.17, 15) is 13.2 Å². The molecule has 0 unspecified atom stereocenters. The van der Waals surface area contributed by atoms with Crippen molar-refractivity contribution in [2.75, 3.05) is 11.0 Å². The first-order chi connectivity index (χ1) is 11.3. The van der Waals surface area contributed by atoms with Crippen LogP contribution < -0.4 is 10.0 Å². The molecule has 126 valence electrons. The van der Waals surface area contributed by atoms with Gasteiger partial charge in [-0.3, -0.25) is 9.52 Å². The Labute approximate surface area is 142 Å². The van der Waals surface area contributed by atoms with Crippen molar-refractivity contribution < 1.29 is 13.2 Å². The predicted molar refractivity (Wildman–Crippen MR) is 94.6 cm³/mol. The van der Waals surface area contributed by atoms with Gasteiger partial charge >= 0.3 is 0 Å². The summed E-state index contributed by atoms with van der Waals surface area (Å²) < 4.78 is 24.8. The maximum atomic E-state index is 12.4.